The van der Waals surface area contributed by atoms with Crippen LogP contribution >= 0.6 is 0 Å². The molecule has 1 aliphatic rings. The lowest BCUT2D eigenvalue weighted by atomic mass is 9.76. The molecule has 1 heterocycles. The highest BCUT2D eigenvalue weighted by molar-refractivity contribution is 6.60. The molecule has 0 spiro atoms. The number of hydrogen-bond donors (Lipinski definition) is 2. The third-order valence-corrected chi connectivity index (χ3v) is 4.97. The quantitative estimate of drug-likeness (QED) is 0.803. The summed E-state index contributed by atoms with van der Waals surface area (Å²) in [6.45, 7) is 8.35. The van der Waals surface area contributed by atoms with E-state index in [9.17, 15) is 14.9 Å². The summed E-state index contributed by atoms with van der Waals surface area (Å²) in [7, 11) is -1.16. The van der Waals surface area contributed by atoms with Gasteiger partial charge in [-0.15, -0.1) is 0 Å². The van der Waals surface area contributed by atoms with Crippen molar-refractivity contribution in [2.45, 2.75) is 58.2 Å². The minimum atomic E-state index is -1.16. The van der Waals surface area contributed by atoms with E-state index in [2.05, 4.69) is 0 Å². The summed E-state index contributed by atoms with van der Waals surface area (Å²) in [5.74, 6) is 0.0356. The van der Waals surface area contributed by atoms with Crippen molar-refractivity contribution in [3.05, 3.63) is 29.8 Å². The number of hydrogen-bond acceptors (Lipinski definition) is 4. The van der Waals surface area contributed by atoms with Gasteiger partial charge >= 0.3 is 7.12 Å². The number of nitrogens with zero attached hydrogens (tertiary/aromatic N) is 1. The fourth-order valence-corrected chi connectivity index (χ4v) is 2.56. The van der Waals surface area contributed by atoms with Crippen LogP contribution in [0.4, 0.5) is 0 Å². The van der Waals surface area contributed by atoms with E-state index in [0.29, 0.717) is 11.0 Å². The number of carbonyl (C=O) groups is 1. The van der Waals surface area contributed by atoms with Crippen LogP contribution in [0.5, 0.6) is 0 Å². The van der Waals surface area contributed by atoms with Crippen LogP contribution in [0.1, 0.15) is 57.3 Å². The number of rotatable bonds is 5. The first-order valence-electron chi connectivity index (χ1n) is 8.59. The molecule has 132 valence electrons. The fourth-order valence-electron chi connectivity index (χ4n) is 2.56. The zero-order valence-corrected chi connectivity index (χ0v) is 15.1. The molecule has 2 N–H and O–H groups in total. The lowest BCUT2D eigenvalue weighted by Crippen LogP contribution is -2.53. The Bertz CT molecular complexity index is 559. The van der Waals surface area contributed by atoms with E-state index in [0.717, 1.165) is 25.9 Å². The minimum absolute atomic E-state index is 0.0356. The van der Waals surface area contributed by atoms with Crippen LogP contribution in [0.25, 0.3) is 0 Å². The van der Waals surface area contributed by atoms with Crippen LogP contribution in [-0.4, -0.2) is 52.3 Å². The Balaban J connectivity index is 2.04. The molecule has 0 saturated carbocycles. The van der Waals surface area contributed by atoms with E-state index >= 15 is 0 Å². The summed E-state index contributed by atoms with van der Waals surface area (Å²) in [5.41, 5.74) is -0.843. The van der Waals surface area contributed by atoms with Gasteiger partial charge in [-0.25, -0.2) is 0 Å². The van der Waals surface area contributed by atoms with Crippen molar-refractivity contribution in [2.24, 2.45) is 0 Å². The van der Waals surface area contributed by atoms with Crippen molar-refractivity contribution in [3.8, 4) is 0 Å². The zero-order valence-electron chi connectivity index (χ0n) is 15.1. The molecule has 1 amide bonds. The van der Waals surface area contributed by atoms with Gasteiger partial charge in [0.2, 0.25) is 0 Å². The molecule has 0 unspecified atom stereocenters. The Labute approximate surface area is 144 Å². The van der Waals surface area contributed by atoms with Crippen molar-refractivity contribution in [2.75, 3.05) is 13.1 Å². The monoisotopic (exact) mass is 333 g/mol. The predicted molar refractivity (Wildman–Crippen MR) is 95.3 cm³/mol. The third-order valence-electron chi connectivity index (χ3n) is 4.97. The molecule has 0 aromatic heterocycles. The number of carbonyl (C=O) groups excluding carboxylic acids is 1. The van der Waals surface area contributed by atoms with Gasteiger partial charge in [0.1, 0.15) is 0 Å². The van der Waals surface area contributed by atoms with Gasteiger partial charge in [-0.2, -0.15) is 0 Å². The normalized spacial score (nSPS) is 16.2. The molecule has 0 bridgehead atoms. The fraction of sp³-hybridized carbons (Fsp3) is 0.611. The van der Waals surface area contributed by atoms with Crippen molar-refractivity contribution < 1.29 is 19.6 Å². The van der Waals surface area contributed by atoms with Crippen molar-refractivity contribution in [1.82, 2.24) is 4.90 Å². The zero-order chi connectivity index (χ0) is 18.0. The first-order valence-corrected chi connectivity index (χ1v) is 8.59. The second-order valence-electron chi connectivity index (χ2n) is 7.51. The molecule has 1 saturated heterocycles. The van der Waals surface area contributed by atoms with Crippen molar-refractivity contribution in [1.29, 1.82) is 0 Å². The van der Waals surface area contributed by atoms with Gasteiger partial charge < -0.3 is 19.7 Å². The topological polar surface area (TPSA) is 70.0 Å². The molecule has 0 radical (unpaired) electrons. The molecule has 2 rings (SSSR count). The smallest absolute Gasteiger partial charge is 0.423 e. The van der Waals surface area contributed by atoms with Crippen LogP contribution in [0.15, 0.2) is 24.3 Å². The molecular weight excluding hydrogens is 305 g/mol. The number of likely N-dealkylation sites (tertiary alicyclic amines) is 1. The molecule has 0 atom stereocenters. The largest absolute Gasteiger partial charge is 0.491 e. The summed E-state index contributed by atoms with van der Waals surface area (Å²) in [6.07, 6.45) is 3.30. The Kier molecular flexibility index (Phi) is 5.73. The number of piperidine rings is 1. The highest BCUT2D eigenvalue weighted by atomic mass is 16.5. The van der Waals surface area contributed by atoms with Gasteiger partial charge in [0.25, 0.3) is 5.91 Å². The van der Waals surface area contributed by atoms with Crippen LogP contribution in [0, 0.1) is 0 Å². The summed E-state index contributed by atoms with van der Waals surface area (Å²) >= 11 is 0. The first-order chi connectivity index (χ1) is 11.1. The molecule has 1 aromatic carbocycles. The maximum atomic E-state index is 12.4. The van der Waals surface area contributed by atoms with Gasteiger partial charge in [0.15, 0.2) is 0 Å². The molecule has 1 aromatic rings. The van der Waals surface area contributed by atoms with E-state index in [1.165, 1.54) is 6.42 Å². The summed E-state index contributed by atoms with van der Waals surface area (Å²) in [4.78, 5) is 14.3. The number of amides is 1. The average Bonchev–Trinajstić information content (AvgIpc) is 2.53. The standard InChI is InChI=1S/C18H28BNO4/c1-17(2,22)18(3,4)24-19(23)15-10-8-14(9-11-15)16(21)20-12-6-5-7-13-20/h8-11,22-23H,5-7,12-13H2,1-4H3. The van der Waals surface area contributed by atoms with E-state index in [1.807, 2.05) is 4.90 Å². The third kappa shape index (κ3) is 4.38. The molecule has 6 heteroatoms. The second-order valence-corrected chi connectivity index (χ2v) is 7.51. The maximum absolute atomic E-state index is 12.4. The molecule has 0 aliphatic carbocycles. The Morgan fingerprint density at radius 1 is 1.08 bits per heavy atom. The predicted octanol–water partition coefficient (Wildman–Crippen LogP) is 1.57. The SMILES string of the molecule is CC(C)(O)C(C)(C)OB(O)c1ccc(C(=O)N2CCCCC2)cc1. The molecule has 5 nitrogen and oxygen atoms in total. The van der Waals surface area contributed by atoms with Gasteiger partial charge in [0, 0.05) is 18.7 Å². The summed E-state index contributed by atoms with van der Waals surface area (Å²) < 4.78 is 5.62. The lowest BCUT2D eigenvalue weighted by molar-refractivity contribution is -0.0982. The minimum Gasteiger partial charge on any atom is -0.423 e. The van der Waals surface area contributed by atoms with Gasteiger partial charge in [-0.1, -0.05) is 12.1 Å². The lowest BCUT2D eigenvalue weighted by Gasteiger charge is -2.38. The van der Waals surface area contributed by atoms with E-state index in [4.69, 9.17) is 4.65 Å². The first kappa shape index (κ1) is 19.0. The van der Waals surface area contributed by atoms with Crippen LogP contribution < -0.4 is 5.46 Å². The Morgan fingerprint density at radius 3 is 2.12 bits per heavy atom. The van der Waals surface area contributed by atoms with E-state index in [1.54, 1.807) is 52.0 Å². The van der Waals surface area contributed by atoms with Crippen LogP contribution in [0.2, 0.25) is 0 Å². The van der Waals surface area contributed by atoms with Crippen molar-refractivity contribution >= 4 is 18.5 Å². The molecule has 24 heavy (non-hydrogen) atoms. The number of aliphatic hydroxyl groups is 1. The van der Waals surface area contributed by atoms with E-state index in [-0.39, 0.29) is 5.91 Å². The summed E-state index contributed by atoms with van der Waals surface area (Å²) in [5, 5.41) is 20.4. The maximum Gasteiger partial charge on any atom is 0.491 e. The van der Waals surface area contributed by atoms with Crippen LogP contribution in [0.3, 0.4) is 0 Å². The molecule has 1 fully saturated rings. The highest BCUT2D eigenvalue weighted by Gasteiger charge is 2.39. The van der Waals surface area contributed by atoms with Gasteiger partial charge in [-0.3, -0.25) is 4.79 Å². The van der Waals surface area contributed by atoms with Crippen molar-refractivity contribution in [3.63, 3.8) is 0 Å². The number of benzene rings is 1. The highest BCUT2D eigenvalue weighted by Crippen LogP contribution is 2.25. The van der Waals surface area contributed by atoms with Gasteiger partial charge in [0.05, 0.1) is 11.2 Å². The Morgan fingerprint density at radius 2 is 1.62 bits per heavy atom. The molecule has 1 aliphatic heterocycles. The second kappa shape index (κ2) is 7.25. The Hall–Kier alpha value is -1.37. The average molecular weight is 333 g/mol. The molecular formula is C18H28BNO4. The van der Waals surface area contributed by atoms with Crippen LogP contribution in [-0.2, 0) is 4.65 Å². The summed E-state index contributed by atoms with van der Waals surface area (Å²) in [6, 6.07) is 6.83. The van der Waals surface area contributed by atoms with Gasteiger partial charge in [-0.05, 0) is 64.6 Å². The van der Waals surface area contributed by atoms with E-state index < -0.39 is 18.3 Å².